The molecule has 0 aliphatic carbocycles. The van der Waals surface area contributed by atoms with E-state index in [1.54, 1.807) is 0 Å². The molecule has 0 saturated carbocycles. The number of piperidine rings is 1. The van der Waals surface area contributed by atoms with E-state index < -0.39 is 0 Å². The Kier molecular flexibility index (Phi) is 5.57. The van der Waals surface area contributed by atoms with Crippen molar-refractivity contribution in [2.45, 2.75) is 46.0 Å². The predicted octanol–water partition coefficient (Wildman–Crippen LogP) is 3.30. The molecule has 1 amide bonds. The number of carbonyl (C=O) groups excluding carboxylic acids is 1. The number of pyridine rings is 1. The van der Waals surface area contributed by atoms with Gasteiger partial charge < -0.3 is 4.90 Å². The smallest absolute Gasteiger partial charge is 0.222 e. The van der Waals surface area contributed by atoms with E-state index in [1.807, 2.05) is 24.4 Å². The molecule has 2 rings (SSSR count). The Morgan fingerprint density at radius 3 is 2.70 bits per heavy atom. The van der Waals surface area contributed by atoms with Crippen molar-refractivity contribution in [1.29, 1.82) is 0 Å². The zero-order chi connectivity index (χ0) is 14.4. The fourth-order valence-electron chi connectivity index (χ4n) is 2.94. The maximum atomic E-state index is 12.2. The SMILES string of the molecule is CC(C)C1CCN(C(=O)CCCc2ccccn2)CC1. The molecule has 1 fully saturated rings. The number of nitrogens with zero attached hydrogens (tertiary/aromatic N) is 2. The van der Waals surface area contributed by atoms with Gasteiger partial charge in [-0.15, -0.1) is 0 Å². The monoisotopic (exact) mass is 274 g/mol. The van der Waals surface area contributed by atoms with Gasteiger partial charge in [0, 0.05) is 31.4 Å². The first-order chi connectivity index (χ1) is 9.66. The van der Waals surface area contributed by atoms with Gasteiger partial charge in [-0.1, -0.05) is 19.9 Å². The van der Waals surface area contributed by atoms with E-state index in [0.717, 1.165) is 43.5 Å². The molecule has 110 valence electrons. The first kappa shape index (κ1) is 15.0. The van der Waals surface area contributed by atoms with Crippen LogP contribution in [-0.2, 0) is 11.2 Å². The highest BCUT2D eigenvalue weighted by atomic mass is 16.2. The third-order valence-corrected chi connectivity index (χ3v) is 4.38. The summed E-state index contributed by atoms with van der Waals surface area (Å²) in [7, 11) is 0. The number of amides is 1. The van der Waals surface area contributed by atoms with E-state index in [4.69, 9.17) is 0 Å². The molecule has 1 saturated heterocycles. The second-order valence-corrected chi connectivity index (χ2v) is 6.14. The van der Waals surface area contributed by atoms with Crippen molar-refractivity contribution in [3.63, 3.8) is 0 Å². The first-order valence-electron chi connectivity index (χ1n) is 7.84. The fraction of sp³-hybridized carbons (Fsp3) is 0.647. The summed E-state index contributed by atoms with van der Waals surface area (Å²) in [5.74, 6) is 1.87. The molecule has 20 heavy (non-hydrogen) atoms. The van der Waals surface area contributed by atoms with Gasteiger partial charge in [-0.3, -0.25) is 9.78 Å². The summed E-state index contributed by atoms with van der Waals surface area (Å²) >= 11 is 0. The maximum absolute atomic E-state index is 12.2. The number of aryl methyl sites for hydroxylation is 1. The van der Waals surface area contributed by atoms with Gasteiger partial charge in [-0.05, 0) is 49.7 Å². The molecule has 0 atom stereocenters. The van der Waals surface area contributed by atoms with Gasteiger partial charge in [-0.25, -0.2) is 0 Å². The quantitative estimate of drug-likeness (QED) is 0.825. The third-order valence-electron chi connectivity index (χ3n) is 4.38. The molecule has 3 heteroatoms. The van der Waals surface area contributed by atoms with Crippen molar-refractivity contribution in [2.75, 3.05) is 13.1 Å². The number of likely N-dealkylation sites (tertiary alicyclic amines) is 1. The van der Waals surface area contributed by atoms with Gasteiger partial charge in [0.25, 0.3) is 0 Å². The molecule has 1 aromatic heterocycles. The molecule has 1 aliphatic rings. The van der Waals surface area contributed by atoms with E-state index in [2.05, 4.69) is 23.7 Å². The molecule has 0 spiro atoms. The highest BCUT2D eigenvalue weighted by Gasteiger charge is 2.23. The molecule has 1 aromatic rings. The normalized spacial score (nSPS) is 16.6. The van der Waals surface area contributed by atoms with Crippen LogP contribution in [0.3, 0.4) is 0 Å². The highest BCUT2D eigenvalue weighted by Crippen LogP contribution is 2.24. The van der Waals surface area contributed by atoms with Crippen LogP contribution in [0.25, 0.3) is 0 Å². The second-order valence-electron chi connectivity index (χ2n) is 6.14. The molecular formula is C17H26N2O. The molecule has 0 N–H and O–H groups in total. The van der Waals surface area contributed by atoms with Gasteiger partial charge >= 0.3 is 0 Å². The minimum atomic E-state index is 0.322. The number of carbonyl (C=O) groups is 1. The Morgan fingerprint density at radius 2 is 2.10 bits per heavy atom. The average molecular weight is 274 g/mol. The van der Waals surface area contributed by atoms with E-state index in [9.17, 15) is 4.79 Å². The van der Waals surface area contributed by atoms with Crippen LogP contribution in [0.2, 0.25) is 0 Å². The van der Waals surface area contributed by atoms with Crippen LogP contribution < -0.4 is 0 Å². The number of aromatic nitrogens is 1. The molecule has 0 bridgehead atoms. The number of rotatable bonds is 5. The van der Waals surface area contributed by atoms with E-state index in [0.29, 0.717) is 12.3 Å². The average Bonchev–Trinajstić information content (AvgIpc) is 2.48. The lowest BCUT2D eigenvalue weighted by molar-refractivity contribution is -0.132. The molecule has 0 unspecified atom stereocenters. The Morgan fingerprint density at radius 1 is 1.35 bits per heavy atom. The van der Waals surface area contributed by atoms with Gasteiger partial charge in [0.1, 0.15) is 0 Å². The fourth-order valence-corrected chi connectivity index (χ4v) is 2.94. The summed E-state index contributed by atoms with van der Waals surface area (Å²) < 4.78 is 0. The van der Waals surface area contributed by atoms with Gasteiger partial charge in [0.2, 0.25) is 5.91 Å². The zero-order valence-corrected chi connectivity index (χ0v) is 12.7. The van der Waals surface area contributed by atoms with Gasteiger partial charge in [-0.2, -0.15) is 0 Å². The summed E-state index contributed by atoms with van der Waals surface area (Å²) in [6.07, 6.45) is 6.61. The minimum absolute atomic E-state index is 0.322. The van der Waals surface area contributed by atoms with Crippen LogP contribution in [0.4, 0.5) is 0 Å². The number of hydrogen-bond donors (Lipinski definition) is 0. The molecular weight excluding hydrogens is 248 g/mol. The van der Waals surface area contributed by atoms with Crippen LogP contribution in [0.1, 0.15) is 45.2 Å². The minimum Gasteiger partial charge on any atom is -0.343 e. The van der Waals surface area contributed by atoms with Crippen molar-refractivity contribution in [2.24, 2.45) is 11.8 Å². The predicted molar refractivity (Wildman–Crippen MR) is 81.3 cm³/mol. The van der Waals surface area contributed by atoms with Crippen molar-refractivity contribution in [3.05, 3.63) is 30.1 Å². The van der Waals surface area contributed by atoms with Crippen molar-refractivity contribution >= 4 is 5.91 Å². The third kappa shape index (κ3) is 4.32. The lowest BCUT2D eigenvalue weighted by Crippen LogP contribution is -2.39. The lowest BCUT2D eigenvalue weighted by Gasteiger charge is -2.34. The van der Waals surface area contributed by atoms with Crippen molar-refractivity contribution < 1.29 is 4.79 Å². The van der Waals surface area contributed by atoms with Crippen LogP contribution in [-0.4, -0.2) is 28.9 Å². The summed E-state index contributed by atoms with van der Waals surface area (Å²) in [6, 6.07) is 5.95. The first-order valence-corrected chi connectivity index (χ1v) is 7.84. The molecule has 3 nitrogen and oxygen atoms in total. The summed E-state index contributed by atoms with van der Waals surface area (Å²) in [5.41, 5.74) is 1.08. The standard InChI is InChI=1S/C17H26N2O/c1-14(2)15-9-12-19(13-10-15)17(20)8-5-7-16-6-3-4-11-18-16/h3-4,6,11,14-15H,5,7-10,12-13H2,1-2H3. The Hall–Kier alpha value is -1.38. The highest BCUT2D eigenvalue weighted by molar-refractivity contribution is 5.76. The van der Waals surface area contributed by atoms with Crippen LogP contribution in [0.15, 0.2) is 24.4 Å². The topological polar surface area (TPSA) is 33.2 Å². The van der Waals surface area contributed by atoms with Gasteiger partial charge in [0.05, 0.1) is 0 Å². The zero-order valence-electron chi connectivity index (χ0n) is 12.7. The van der Waals surface area contributed by atoms with Crippen LogP contribution >= 0.6 is 0 Å². The Bertz CT molecular complexity index is 408. The Balaban J connectivity index is 1.68. The second kappa shape index (κ2) is 7.41. The molecule has 2 heterocycles. The molecule has 1 aliphatic heterocycles. The van der Waals surface area contributed by atoms with Crippen molar-refractivity contribution in [3.8, 4) is 0 Å². The van der Waals surface area contributed by atoms with E-state index >= 15 is 0 Å². The lowest BCUT2D eigenvalue weighted by atomic mass is 9.86. The Labute approximate surface area is 122 Å². The van der Waals surface area contributed by atoms with Crippen molar-refractivity contribution in [1.82, 2.24) is 9.88 Å². The molecule has 0 radical (unpaired) electrons. The van der Waals surface area contributed by atoms with E-state index in [1.165, 1.54) is 12.8 Å². The van der Waals surface area contributed by atoms with Crippen LogP contribution in [0.5, 0.6) is 0 Å². The summed E-state index contributed by atoms with van der Waals surface area (Å²) in [4.78, 5) is 18.5. The maximum Gasteiger partial charge on any atom is 0.222 e. The summed E-state index contributed by atoms with van der Waals surface area (Å²) in [6.45, 7) is 6.47. The van der Waals surface area contributed by atoms with Crippen LogP contribution in [0, 0.1) is 11.8 Å². The van der Waals surface area contributed by atoms with Gasteiger partial charge in [0.15, 0.2) is 0 Å². The van der Waals surface area contributed by atoms with E-state index in [-0.39, 0.29) is 0 Å². The molecule has 0 aromatic carbocycles. The number of hydrogen-bond acceptors (Lipinski definition) is 2. The largest absolute Gasteiger partial charge is 0.343 e. The summed E-state index contributed by atoms with van der Waals surface area (Å²) in [5, 5.41) is 0.